The smallest absolute Gasteiger partial charge is 0.278 e. The lowest BCUT2D eigenvalue weighted by molar-refractivity contribution is 0.0734. The van der Waals surface area contributed by atoms with Crippen molar-refractivity contribution < 1.29 is 25.8 Å². The van der Waals surface area contributed by atoms with Gasteiger partial charge in [0.05, 0.1) is 20.3 Å². The minimum Gasteiger partial charge on any atom is -0.485 e. The van der Waals surface area contributed by atoms with Gasteiger partial charge in [-0.1, -0.05) is 11.6 Å². The molecule has 0 radical (unpaired) electrons. The fraction of sp³-hybridized carbons (Fsp3) is 0.250. The average molecular weight is 522 g/mol. The Labute approximate surface area is 211 Å². The first-order valence-electron chi connectivity index (χ1n) is 11.5. The highest BCUT2D eigenvalue weighted by atomic mass is 35.5. The summed E-state index contributed by atoms with van der Waals surface area (Å²) in [5.74, 6) is -3.95. The summed E-state index contributed by atoms with van der Waals surface area (Å²) in [5, 5.41) is 13.7. The molecule has 4 heterocycles. The van der Waals surface area contributed by atoms with E-state index in [-0.39, 0.29) is 28.5 Å². The fourth-order valence-electron chi connectivity index (χ4n) is 3.38. The maximum atomic E-state index is 15.8. The van der Waals surface area contributed by atoms with Crippen LogP contribution in [0.1, 0.15) is 39.2 Å². The van der Waals surface area contributed by atoms with E-state index in [2.05, 4.69) is 15.1 Å². The molecule has 4 aromatic heterocycles. The lowest BCUT2D eigenvalue weighted by Crippen LogP contribution is -2.24. The Morgan fingerprint density at radius 1 is 1.19 bits per heavy atom. The van der Waals surface area contributed by atoms with Gasteiger partial charge >= 0.3 is 0 Å². The van der Waals surface area contributed by atoms with Crippen LogP contribution < -0.4 is 10.3 Å². The molecule has 0 aliphatic heterocycles. The van der Waals surface area contributed by atoms with Crippen molar-refractivity contribution in [2.75, 3.05) is 0 Å². The molecule has 4 aromatic rings. The second-order valence-corrected chi connectivity index (χ2v) is 8.80. The van der Waals surface area contributed by atoms with Crippen molar-refractivity contribution in [3.05, 3.63) is 92.3 Å². The first kappa shape index (κ1) is 22.7. The number of ether oxygens (including phenoxy) is 1. The quantitative estimate of drug-likeness (QED) is 0.406. The predicted molar refractivity (Wildman–Crippen MR) is 125 cm³/mol. The molecule has 0 aliphatic carbocycles. The molecule has 0 fully saturated rings. The zero-order chi connectivity index (χ0) is 28.2. The van der Waals surface area contributed by atoms with Crippen LogP contribution >= 0.6 is 11.6 Å². The van der Waals surface area contributed by atoms with E-state index < -0.39 is 51.6 Å². The molecular weight excluding hydrogens is 499 g/mol. The van der Waals surface area contributed by atoms with Crippen LogP contribution in [0.4, 0.5) is 13.2 Å². The van der Waals surface area contributed by atoms with Gasteiger partial charge in [-0.05, 0) is 39.3 Å². The van der Waals surface area contributed by atoms with Gasteiger partial charge in [0, 0.05) is 30.2 Å². The molecule has 0 saturated heterocycles. The van der Waals surface area contributed by atoms with Gasteiger partial charge in [-0.15, -0.1) is 0 Å². The second kappa shape index (κ2) is 9.40. The standard InChI is InChI=1S/C24H21ClF3N5O3/c1-12-9-30-22(32-6-5-18(31-32)24(3,4)35)20(28)21(12)33-13(2)7-17(19(25)23(33)34)36-11-16-15(27)8-14(26)10-29-16/h5-10,35H,11H2,1-4H3/i11D2. The Morgan fingerprint density at radius 3 is 2.56 bits per heavy atom. The number of aromatic nitrogens is 5. The number of pyridine rings is 3. The summed E-state index contributed by atoms with van der Waals surface area (Å²) >= 11 is 6.21. The molecule has 0 atom stereocenters. The molecule has 12 heteroatoms. The summed E-state index contributed by atoms with van der Waals surface area (Å²) in [4.78, 5) is 20.8. The number of rotatable bonds is 6. The fourth-order valence-corrected chi connectivity index (χ4v) is 3.56. The summed E-state index contributed by atoms with van der Waals surface area (Å²) in [7, 11) is 0. The summed E-state index contributed by atoms with van der Waals surface area (Å²) in [6.07, 6.45) is 3.34. The maximum absolute atomic E-state index is 15.8. The molecule has 0 aromatic carbocycles. The third-order valence-corrected chi connectivity index (χ3v) is 5.53. The van der Waals surface area contributed by atoms with Gasteiger partial charge < -0.3 is 9.84 Å². The number of halogens is 4. The topological polar surface area (TPSA) is 95.1 Å². The molecule has 0 aliphatic rings. The minimum atomic E-state index is -2.93. The third-order valence-electron chi connectivity index (χ3n) is 5.18. The lowest BCUT2D eigenvalue weighted by atomic mass is 10.1. The van der Waals surface area contributed by atoms with E-state index in [9.17, 15) is 18.7 Å². The van der Waals surface area contributed by atoms with E-state index in [1.165, 1.54) is 52.2 Å². The molecule has 36 heavy (non-hydrogen) atoms. The van der Waals surface area contributed by atoms with Gasteiger partial charge in [-0.25, -0.2) is 22.8 Å². The molecule has 1 N–H and O–H groups in total. The van der Waals surface area contributed by atoms with Crippen LogP contribution in [0, 0.1) is 31.3 Å². The van der Waals surface area contributed by atoms with E-state index >= 15 is 4.39 Å². The Balaban J connectivity index is 1.81. The number of aryl methyl sites for hydroxylation is 2. The molecule has 188 valence electrons. The van der Waals surface area contributed by atoms with Crippen molar-refractivity contribution in [2.24, 2.45) is 0 Å². The molecule has 8 nitrogen and oxygen atoms in total. The summed E-state index contributed by atoms with van der Waals surface area (Å²) in [5.41, 5.74) is -2.67. The van der Waals surface area contributed by atoms with E-state index in [0.29, 0.717) is 12.3 Å². The molecule has 0 unspecified atom stereocenters. The summed E-state index contributed by atoms with van der Waals surface area (Å²) < 4.78 is 66.6. The second-order valence-electron chi connectivity index (χ2n) is 8.42. The van der Waals surface area contributed by atoms with Crippen LogP contribution in [-0.2, 0) is 12.2 Å². The van der Waals surface area contributed by atoms with Gasteiger partial charge in [0.15, 0.2) is 17.5 Å². The van der Waals surface area contributed by atoms with Crippen LogP contribution in [0.25, 0.3) is 11.5 Å². The molecule has 0 bridgehead atoms. The van der Waals surface area contributed by atoms with Crippen molar-refractivity contribution in [3.63, 3.8) is 0 Å². The van der Waals surface area contributed by atoms with Crippen LogP contribution in [0.2, 0.25) is 5.02 Å². The molecule has 0 amide bonds. The Bertz CT molecular complexity index is 1620. The van der Waals surface area contributed by atoms with E-state index in [0.717, 1.165) is 9.25 Å². The molecular formula is C24H21ClF3N5O3. The predicted octanol–water partition coefficient (Wildman–Crippen LogP) is 4.31. The lowest BCUT2D eigenvalue weighted by Gasteiger charge is -2.18. The van der Waals surface area contributed by atoms with E-state index in [1.807, 2.05) is 0 Å². The number of hydrogen-bond donors (Lipinski definition) is 1. The Morgan fingerprint density at radius 2 is 1.92 bits per heavy atom. The van der Waals surface area contributed by atoms with Gasteiger partial charge in [0.1, 0.15) is 34.4 Å². The molecule has 0 spiro atoms. The zero-order valence-corrected chi connectivity index (χ0v) is 20.2. The first-order chi connectivity index (χ1) is 17.6. The van der Waals surface area contributed by atoms with Crippen LogP contribution in [0.3, 0.4) is 0 Å². The van der Waals surface area contributed by atoms with Gasteiger partial charge in [-0.2, -0.15) is 5.10 Å². The molecule has 0 saturated carbocycles. The van der Waals surface area contributed by atoms with Crippen molar-refractivity contribution in [2.45, 2.75) is 39.9 Å². The van der Waals surface area contributed by atoms with E-state index in [1.54, 1.807) is 0 Å². The average Bonchev–Trinajstić information content (AvgIpc) is 3.29. The van der Waals surface area contributed by atoms with Crippen molar-refractivity contribution in [3.8, 4) is 17.3 Å². The van der Waals surface area contributed by atoms with Crippen molar-refractivity contribution >= 4 is 11.6 Å². The summed E-state index contributed by atoms with van der Waals surface area (Å²) in [6, 6.07) is 3.10. The molecule has 4 rings (SSSR count). The Kier molecular flexibility index (Phi) is 5.94. The van der Waals surface area contributed by atoms with Gasteiger partial charge in [-0.3, -0.25) is 14.3 Å². The van der Waals surface area contributed by atoms with Crippen LogP contribution in [0.5, 0.6) is 5.75 Å². The summed E-state index contributed by atoms with van der Waals surface area (Å²) in [6.45, 7) is 3.04. The Hall–Kier alpha value is -3.70. The number of hydrogen-bond acceptors (Lipinski definition) is 6. The highest BCUT2D eigenvalue weighted by molar-refractivity contribution is 6.31. The SMILES string of the molecule is [2H]C([2H])(Oc1cc(C)n(-c2c(C)cnc(-n3ccc(C(C)(C)O)n3)c2F)c(=O)c1Cl)c1ncc(F)cc1F. The zero-order valence-electron chi connectivity index (χ0n) is 21.5. The third kappa shape index (κ3) is 4.71. The van der Waals surface area contributed by atoms with Crippen molar-refractivity contribution in [1.82, 2.24) is 24.3 Å². The highest BCUT2D eigenvalue weighted by Gasteiger charge is 2.24. The highest BCUT2D eigenvalue weighted by Crippen LogP contribution is 2.28. The number of aliphatic hydroxyl groups is 1. The number of nitrogens with zero attached hydrogens (tertiary/aromatic N) is 5. The largest absolute Gasteiger partial charge is 0.485 e. The van der Waals surface area contributed by atoms with Gasteiger partial charge in [0.2, 0.25) is 0 Å². The van der Waals surface area contributed by atoms with Crippen LogP contribution in [-0.4, -0.2) is 29.4 Å². The first-order valence-corrected chi connectivity index (χ1v) is 10.9. The van der Waals surface area contributed by atoms with Crippen molar-refractivity contribution in [1.29, 1.82) is 0 Å². The normalized spacial score (nSPS) is 12.9. The van der Waals surface area contributed by atoms with Gasteiger partial charge in [0.25, 0.3) is 5.56 Å². The van der Waals surface area contributed by atoms with Crippen LogP contribution in [0.15, 0.2) is 41.6 Å². The maximum Gasteiger partial charge on any atom is 0.278 e. The monoisotopic (exact) mass is 521 g/mol. The minimum absolute atomic E-state index is 0.0922. The van der Waals surface area contributed by atoms with E-state index in [4.69, 9.17) is 19.1 Å².